The van der Waals surface area contributed by atoms with Gasteiger partial charge in [0, 0.05) is 18.0 Å². The minimum atomic E-state index is -3.92. The lowest BCUT2D eigenvalue weighted by Gasteiger charge is -2.13. The van der Waals surface area contributed by atoms with E-state index in [2.05, 4.69) is 13.5 Å². The molecule has 0 aliphatic rings. The molecule has 0 radical (unpaired) electrons. The quantitative estimate of drug-likeness (QED) is 0.432. The molecular weight excluding hydrogens is 434 g/mol. The summed E-state index contributed by atoms with van der Waals surface area (Å²) in [5.74, 6) is 0.399. The normalized spacial score (nSPS) is 11.8. The van der Waals surface area contributed by atoms with Crippen LogP contribution in [-0.2, 0) is 10.0 Å². The molecule has 0 spiro atoms. The van der Waals surface area contributed by atoms with E-state index in [1.165, 1.54) is 13.2 Å². The molecule has 31 heavy (non-hydrogen) atoms. The Balaban J connectivity index is 1.58. The number of benzene rings is 2. The average Bonchev–Trinajstić information content (AvgIpc) is 3.41. The Morgan fingerprint density at radius 3 is 2.77 bits per heavy atom. The summed E-state index contributed by atoms with van der Waals surface area (Å²) >= 11 is 0.972. The van der Waals surface area contributed by atoms with Gasteiger partial charge in [-0.05, 0) is 48.9 Å². The van der Waals surface area contributed by atoms with E-state index in [0.717, 1.165) is 34.2 Å². The Morgan fingerprint density at radius 2 is 1.97 bits per heavy atom. The number of ether oxygens (including phenoxy) is 1. The Kier molecular flexibility index (Phi) is 4.60. The standard InChI is InChI=1S/C21H17N5O3S2/c1-13-5-4-10-26-12-17(22-21(13)26)14-8-9-18(29-2)16(11-14)25-31(27,28)19-7-3-6-15-20(19)24-30-23-15/h3-12,25H,1-2H3. The highest BCUT2D eigenvalue weighted by Gasteiger charge is 2.22. The Labute approximate surface area is 182 Å². The van der Waals surface area contributed by atoms with E-state index in [0.29, 0.717) is 22.5 Å². The first-order valence-corrected chi connectivity index (χ1v) is 11.5. The Morgan fingerprint density at radius 1 is 1.10 bits per heavy atom. The highest BCUT2D eigenvalue weighted by atomic mass is 32.2. The molecule has 1 N–H and O–H groups in total. The van der Waals surface area contributed by atoms with Crippen LogP contribution in [-0.4, -0.2) is 33.7 Å². The van der Waals surface area contributed by atoms with Crippen molar-refractivity contribution in [2.45, 2.75) is 11.8 Å². The molecule has 3 heterocycles. The predicted octanol–water partition coefficient (Wildman–Crippen LogP) is 4.12. The summed E-state index contributed by atoms with van der Waals surface area (Å²) in [6.45, 7) is 1.99. The molecule has 0 unspecified atom stereocenters. The second-order valence-corrected chi connectivity index (χ2v) is 9.14. The largest absolute Gasteiger partial charge is 0.495 e. The molecule has 156 valence electrons. The van der Waals surface area contributed by atoms with Crippen LogP contribution in [0.15, 0.2) is 65.8 Å². The van der Waals surface area contributed by atoms with Gasteiger partial charge < -0.3 is 9.14 Å². The van der Waals surface area contributed by atoms with E-state index in [1.54, 1.807) is 24.3 Å². The van der Waals surface area contributed by atoms with Crippen molar-refractivity contribution in [3.8, 4) is 17.0 Å². The topological polar surface area (TPSA) is 98.5 Å². The molecule has 5 aromatic rings. The molecule has 0 amide bonds. The number of fused-ring (bicyclic) bond motifs is 2. The predicted molar refractivity (Wildman–Crippen MR) is 120 cm³/mol. The first kappa shape index (κ1) is 19.5. The van der Waals surface area contributed by atoms with Crippen molar-refractivity contribution < 1.29 is 13.2 Å². The van der Waals surface area contributed by atoms with Crippen molar-refractivity contribution >= 4 is 44.1 Å². The summed E-state index contributed by atoms with van der Waals surface area (Å²) in [6.07, 6.45) is 3.83. The molecule has 0 atom stereocenters. The fourth-order valence-corrected chi connectivity index (χ4v) is 5.27. The van der Waals surface area contributed by atoms with Crippen LogP contribution < -0.4 is 9.46 Å². The smallest absolute Gasteiger partial charge is 0.264 e. The van der Waals surface area contributed by atoms with Gasteiger partial charge >= 0.3 is 0 Å². The van der Waals surface area contributed by atoms with Gasteiger partial charge in [0.2, 0.25) is 0 Å². The van der Waals surface area contributed by atoms with Crippen molar-refractivity contribution in [2.75, 3.05) is 11.8 Å². The first-order valence-electron chi connectivity index (χ1n) is 9.33. The number of pyridine rings is 1. The van der Waals surface area contributed by atoms with Crippen LogP contribution in [0.2, 0.25) is 0 Å². The third-order valence-electron chi connectivity index (χ3n) is 4.96. The minimum Gasteiger partial charge on any atom is -0.495 e. The van der Waals surface area contributed by atoms with Crippen LogP contribution >= 0.6 is 11.7 Å². The Bertz CT molecular complexity index is 1540. The van der Waals surface area contributed by atoms with Crippen LogP contribution in [0.4, 0.5) is 5.69 Å². The van der Waals surface area contributed by atoms with Gasteiger partial charge in [-0.25, -0.2) is 13.4 Å². The molecule has 5 rings (SSSR count). The van der Waals surface area contributed by atoms with Gasteiger partial charge in [0.05, 0.1) is 30.2 Å². The second kappa shape index (κ2) is 7.33. The SMILES string of the molecule is COc1ccc(-c2cn3cccc(C)c3n2)cc1NS(=O)(=O)c1cccc2nsnc12. The maximum absolute atomic E-state index is 13.2. The summed E-state index contributed by atoms with van der Waals surface area (Å²) in [5.41, 5.74) is 4.57. The van der Waals surface area contributed by atoms with Crippen LogP contribution in [0.1, 0.15) is 5.56 Å². The number of anilines is 1. The van der Waals surface area contributed by atoms with Crippen molar-refractivity contribution in [3.63, 3.8) is 0 Å². The number of methoxy groups -OCH3 is 1. The summed E-state index contributed by atoms with van der Waals surface area (Å²) in [6, 6.07) is 14.1. The number of imidazole rings is 1. The zero-order chi connectivity index (χ0) is 21.6. The molecule has 0 saturated heterocycles. The summed E-state index contributed by atoms with van der Waals surface area (Å²) in [7, 11) is -2.43. The van der Waals surface area contributed by atoms with Crippen molar-refractivity contribution in [1.29, 1.82) is 0 Å². The number of nitrogens with one attached hydrogen (secondary N) is 1. The zero-order valence-electron chi connectivity index (χ0n) is 16.6. The fraction of sp³-hybridized carbons (Fsp3) is 0.0952. The number of rotatable bonds is 5. The fourth-order valence-electron chi connectivity index (χ4n) is 3.44. The molecule has 3 aromatic heterocycles. The van der Waals surface area contributed by atoms with E-state index < -0.39 is 10.0 Å². The van der Waals surface area contributed by atoms with Gasteiger partial charge in [0.25, 0.3) is 10.0 Å². The molecule has 10 heteroatoms. The van der Waals surface area contributed by atoms with Crippen molar-refractivity contribution in [2.24, 2.45) is 0 Å². The van der Waals surface area contributed by atoms with Crippen LogP contribution in [0.25, 0.3) is 27.9 Å². The molecule has 0 fully saturated rings. The van der Waals surface area contributed by atoms with E-state index in [4.69, 9.17) is 9.72 Å². The first-order chi connectivity index (χ1) is 15.0. The van der Waals surface area contributed by atoms with Gasteiger partial charge in [0.1, 0.15) is 27.3 Å². The van der Waals surface area contributed by atoms with E-state index >= 15 is 0 Å². The molecule has 0 bridgehead atoms. The molecule has 0 saturated carbocycles. The maximum atomic E-state index is 13.2. The highest BCUT2D eigenvalue weighted by molar-refractivity contribution is 7.93. The number of aromatic nitrogens is 4. The third-order valence-corrected chi connectivity index (χ3v) is 6.90. The zero-order valence-corrected chi connectivity index (χ0v) is 18.2. The van der Waals surface area contributed by atoms with Gasteiger partial charge in [-0.1, -0.05) is 12.1 Å². The molecule has 8 nitrogen and oxygen atoms in total. The monoisotopic (exact) mass is 451 g/mol. The summed E-state index contributed by atoms with van der Waals surface area (Å²) in [4.78, 5) is 4.76. The van der Waals surface area contributed by atoms with Gasteiger partial charge in [-0.2, -0.15) is 8.75 Å². The molecule has 0 aliphatic heterocycles. The van der Waals surface area contributed by atoms with Crippen molar-refractivity contribution in [1.82, 2.24) is 18.1 Å². The lowest BCUT2D eigenvalue weighted by molar-refractivity contribution is 0.417. The van der Waals surface area contributed by atoms with Crippen LogP contribution in [0.3, 0.4) is 0 Å². The summed E-state index contributed by atoms with van der Waals surface area (Å²) in [5, 5.41) is 0. The average molecular weight is 452 g/mol. The number of nitrogens with zero attached hydrogens (tertiary/aromatic N) is 4. The van der Waals surface area contributed by atoms with Gasteiger partial charge in [0.15, 0.2) is 0 Å². The second-order valence-electron chi connectivity index (χ2n) is 6.96. The number of hydrogen-bond donors (Lipinski definition) is 1. The van der Waals surface area contributed by atoms with Crippen LogP contribution in [0.5, 0.6) is 5.75 Å². The number of sulfonamides is 1. The Hall–Kier alpha value is -3.50. The molecule has 2 aromatic carbocycles. The highest BCUT2D eigenvalue weighted by Crippen LogP contribution is 2.33. The van der Waals surface area contributed by atoms with E-state index in [-0.39, 0.29) is 4.90 Å². The lowest BCUT2D eigenvalue weighted by Crippen LogP contribution is -2.14. The number of hydrogen-bond acceptors (Lipinski definition) is 7. The van der Waals surface area contributed by atoms with Gasteiger partial charge in [-0.3, -0.25) is 4.72 Å². The molecule has 0 aliphatic carbocycles. The lowest BCUT2D eigenvalue weighted by atomic mass is 10.1. The summed E-state index contributed by atoms with van der Waals surface area (Å²) < 4.78 is 44.6. The van der Waals surface area contributed by atoms with Gasteiger partial charge in [-0.15, -0.1) is 0 Å². The minimum absolute atomic E-state index is 0.0644. The third kappa shape index (κ3) is 3.39. The van der Waals surface area contributed by atoms with E-state index in [1.807, 2.05) is 41.9 Å². The van der Waals surface area contributed by atoms with E-state index in [9.17, 15) is 8.42 Å². The maximum Gasteiger partial charge on any atom is 0.264 e. The van der Waals surface area contributed by atoms with Crippen LogP contribution in [0, 0.1) is 6.92 Å². The number of aryl methyl sites for hydroxylation is 1. The van der Waals surface area contributed by atoms with Crippen molar-refractivity contribution in [3.05, 3.63) is 66.5 Å². The molecular formula is C21H17N5O3S2.